The lowest BCUT2D eigenvalue weighted by molar-refractivity contribution is 0.626. The summed E-state index contributed by atoms with van der Waals surface area (Å²) in [6, 6.07) is 6.56. The van der Waals surface area contributed by atoms with Gasteiger partial charge in [-0.15, -0.1) is 0 Å². The normalized spacial score (nSPS) is 10.0. The van der Waals surface area contributed by atoms with Crippen LogP contribution in [0.4, 0.5) is 4.39 Å². The molecule has 1 aromatic rings. The third-order valence-corrected chi connectivity index (χ3v) is 3.54. The third kappa shape index (κ3) is 3.16. The average Bonchev–Trinajstić information content (AvgIpc) is 2.04. The highest BCUT2D eigenvalue weighted by Gasteiger charge is 1.92. The fourth-order valence-corrected chi connectivity index (χ4v) is 2.21. The van der Waals surface area contributed by atoms with E-state index in [4.69, 9.17) is 0 Å². The zero-order chi connectivity index (χ0) is 8.10. The summed E-state index contributed by atoms with van der Waals surface area (Å²) >= 11 is 0. The van der Waals surface area contributed by atoms with Gasteiger partial charge in [0.15, 0.2) is 0 Å². The SMILES string of the molecule is CCSSc1ccc(F)cc1. The fourth-order valence-electron chi connectivity index (χ4n) is 0.617. The molecule has 3 heteroatoms. The first-order chi connectivity index (χ1) is 5.33. The van der Waals surface area contributed by atoms with Gasteiger partial charge in [0.2, 0.25) is 0 Å². The molecule has 0 N–H and O–H groups in total. The van der Waals surface area contributed by atoms with Gasteiger partial charge in [-0.05, 0) is 24.3 Å². The number of hydrogen-bond donors (Lipinski definition) is 0. The van der Waals surface area contributed by atoms with Gasteiger partial charge in [0.05, 0.1) is 0 Å². The molecule has 0 aliphatic rings. The second kappa shape index (κ2) is 4.67. The molecule has 0 unspecified atom stereocenters. The van der Waals surface area contributed by atoms with E-state index in [2.05, 4.69) is 6.92 Å². The van der Waals surface area contributed by atoms with E-state index in [1.165, 1.54) is 12.1 Å². The Kier molecular flexibility index (Phi) is 3.80. The number of benzene rings is 1. The largest absolute Gasteiger partial charge is 0.207 e. The standard InChI is InChI=1S/C8H9FS2/c1-2-10-11-8-5-3-7(9)4-6-8/h3-6H,2H2,1H3. The van der Waals surface area contributed by atoms with Gasteiger partial charge in [0, 0.05) is 10.6 Å². The van der Waals surface area contributed by atoms with E-state index in [-0.39, 0.29) is 5.82 Å². The summed E-state index contributed by atoms with van der Waals surface area (Å²) in [5.74, 6) is 0.901. The highest BCUT2D eigenvalue weighted by molar-refractivity contribution is 8.76. The van der Waals surface area contributed by atoms with E-state index in [0.717, 1.165) is 10.6 Å². The lowest BCUT2D eigenvalue weighted by atomic mass is 10.4. The monoisotopic (exact) mass is 188 g/mol. The minimum absolute atomic E-state index is 0.171. The summed E-state index contributed by atoms with van der Waals surface area (Å²) in [5, 5.41) is 0. The van der Waals surface area contributed by atoms with Crippen LogP contribution >= 0.6 is 21.6 Å². The average molecular weight is 188 g/mol. The second-order valence-corrected chi connectivity index (χ2v) is 4.60. The number of hydrogen-bond acceptors (Lipinski definition) is 2. The Bertz CT molecular complexity index is 208. The van der Waals surface area contributed by atoms with Crippen LogP contribution in [0.1, 0.15) is 6.92 Å². The molecule has 1 rings (SSSR count). The van der Waals surface area contributed by atoms with Gasteiger partial charge < -0.3 is 0 Å². The lowest BCUT2D eigenvalue weighted by Gasteiger charge is -1.96. The molecule has 0 heterocycles. The molecule has 1 aromatic carbocycles. The van der Waals surface area contributed by atoms with Gasteiger partial charge >= 0.3 is 0 Å². The van der Waals surface area contributed by atoms with E-state index < -0.39 is 0 Å². The maximum Gasteiger partial charge on any atom is 0.123 e. The Morgan fingerprint density at radius 2 is 1.91 bits per heavy atom. The maximum absolute atomic E-state index is 12.4. The molecule has 0 aliphatic heterocycles. The van der Waals surface area contributed by atoms with Gasteiger partial charge in [0.1, 0.15) is 5.82 Å². The Labute approximate surface area is 74.0 Å². The van der Waals surface area contributed by atoms with Crippen molar-refractivity contribution in [3.63, 3.8) is 0 Å². The van der Waals surface area contributed by atoms with E-state index >= 15 is 0 Å². The highest BCUT2D eigenvalue weighted by atomic mass is 33.1. The van der Waals surface area contributed by atoms with Crippen LogP contribution in [-0.4, -0.2) is 5.75 Å². The molecule has 0 aromatic heterocycles. The van der Waals surface area contributed by atoms with Crippen molar-refractivity contribution < 1.29 is 4.39 Å². The van der Waals surface area contributed by atoms with Crippen LogP contribution in [0.25, 0.3) is 0 Å². The molecule has 0 aliphatic carbocycles. The van der Waals surface area contributed by atoms with E-state index in [9.17, 15) is 4.39 Å². The Morgan fingerprint density at radius 3 is 2.45 bits per heavy atom. The Morgan fingerprint density at radius 1 is 1.27 bits per heavy atom. The van der Waals surface area contributed by atoms with Crippen LogP contribution in [0.2, 0.25) is 0 Å². The molecule has 0 radical (unpaired) electrons. The van der Waals surface area contributed by atoms with Gasteiger partial charge in [-0.1, -0.05) is 28.5 Å². The van der Waals surface area contributed by atoms with Gasteiger partial charge in [-0.2, -0.15) is 0 Å². The van der Waals surface area contributed by atoms with Crippen molar-refractivity contribution in [1.82, 2.24) is 0 Å². The first-order valence-electron chi connectivity index (χ1n) is 3.38. The summed E-state index contributed by atoms with van der Waals surface area (Å²) in [4.78, 5) is 1.11. The third-order valence-electron chi connectivity index (χ3n) is 1.09. The lowest BCUT2D eigenvalue weighted by Crippen LogP contribution is -1.71. The molecule has 0 spiro atoms. The zero-order valence-corrected chi connectivity index (χ0v) is 7.84. The second-order valence-electron chi connectivity index (χ2n) is 1.94. The topological polar surface area (TPSA) is 0 Å². The first kappa shape index (κ1) is 8.94. The molecule has 11 heavy (non-hydrogen) atoms. The van der Waals surface area contributed by atoms with Crippen LogP contribution in [0.15, 0.2) is 29.2 Å². The predicted octanol–water partition coefficient (Wildman–Crippen LogP) is 3.59. The quantitative estimate of drug-likeness (QED) is 0.665. The van der Waals surface area contributed by atoms with Gasteiger partial charge in [0.25, 0.3) is 0 Å². The highest BCUT2D eigenvalue weighted by Crippen LogP contribution is 2.30. The van der Waals surface area contributed by atoms with Gasteiger partial charge in [-0.3, -0.25) is 0 Å². The van der Waals surface area contributed by atoms with Crippen LogP contribution in [0, 0.1) is 5.82 Å². The summed E-state index contributed by atoms with van der Waals surface area (Å²) < 4.78 is 12.4. The van der Waals surface area contributed by atoms with Crippen molar-refractivity contribution in [3.05, 3.63) is 30.1 Å². The number of halogens is 1. The minimum atomic E-state index is -0.171. The zero-order valence-electron chi connectivity index (χ0n) is 6.21. The molecule has 0 fully saturated rings. The molecule has 60 valence electrons. The van der Waals surface area contributed by atoms with Crippen molar-refractivity contribution >= 4 is 21.6 Å². The molecule has 0 bridgehead atoms. The molecular weight excluding hydrogens is 179 g/mol. The van der Waals surface area contributed by atoms with E-state index in [0.29, 0.717) is 0 Å². The van der Waals surface area contributed by atoms with E-state index in [1.54, 1.807) is 33.7 Å². The predicted molar refractivity (Wildman–Crippen MR) is 50.4 cm³/mol. The van der Waals surface area contributed by atoms with Crippen LogP contribution in [0.3, 0.4) is 0 Å². The Balaban J connectivity index is 2.52. The molecule has 0 atom stereocenters. The maximum atomic E-state index is 12.4. The Hall–Kier alpha value is -0.150. The van der Waals surface area contributed by atoms with Crippen molar-refractivity contribution in [2.45, 2.75) is 11.8 Å². The molecular formula is C8H9FS2. The van der Waals surface area contributed by atoms with Crippen molar-refractivity contribution in [1.29, 1.82) is 0 Å². The summed E-state index contributed by atoms with van der Waals surface area (Å²) in [6.45, 7) is 2.10. The fraction of sp³-hybridized carbons (Fsp3) is 0.250. The smallest absolute Gasteiger partial charge is 0.123 e. The van der Waals surface area contributed by atoms with Crippen LogP contribution in [-0.2, 0) is 0 Å². The van der Waals surface area contributed by atoms with Crippen LogP contribution in [0.5, 0.6) is 0 Å². The minimum Gasteiger partial charge on any atom is -0.207 e. The number of rotatable bonds is 3. The molecule has 0 amide bonds. The van der Waals surface area contributed by atoms with Crippen molar-refractivity contribution in [2.24, 2.45) is 0 Å². The van der Waals surface area contributed by atoms with E-state index in [1.807, 2.05) is 0 Å². The molecule has 0 nitrogen and oxygen atoms in total. The van der Waals surface area contributed by atoms with Gasteiger partial charge in [-0.25, -0.2) is 4.39 Å². The first-order valence-corrected chi connectivity index (χ1v) is 5.70. The summed E-state index contributed by atoms with van der Waals surface area (Å²) in [6.07, 6.45) is 0. The van der Waals surface area contributed by atoms with Crippen LogP contribution < -0.4 is 0 Å². The van der Waals surface area contributed by atoms with Crippen molar-refractivity contribution in [3.8, 4) is 0 Å². The molecule has 0 saturated heterocycles. The molecule has 0 saturated carbocycles. The summed E-state index contributed by atoms with van der Waals surface area (Å²) in [7, 11) is 3.44. The summed E-state index contributed by atoms with van der Waals surface area (Å²) in [5.41, 5.74) is 0. The van der Waals surface area contributed by atoms with Crippen molar-refractivity contribution in [2.75, 3.05) is 5.75 Å².